The first kappa shape index (κ1) is 23.4. The lowest BCUT2D eigenvalue weighted by atomic mass is 9.75. The summed E-state index contributed by atoms with van der Waals surface area (Å²) in [6.07, 6.45) is 0. The zero-order chi connectivity index (χ0) is 23.5. The Labute approximate surface area is 202 Å². The number of allylic oxidation sites excluding steroid dienone is 1. The number of aliphatic imine (C=N–C) groups is 1. The van der Waals surface area contributed by atoms with Gasteiger partial charge >= 0.3 is 11.9 Å². The van der Waals surface area contributed by atoms with Gasteiger partial charge < -0.3 is 9.47 Å². The number of halogens is 1. The molecule has 6 nitrogen and oxygen atoms in total. The highest BCUT2D eigenvalue weighted by molar-refractivity contribution is 9.10. The van der Waals surface area contributed by atoms with Crippen LogP contribution in [-0.4, -0.2) is 42.8 Å². The van der Waals surface area contributed by atoms with Crippen LogP contribution in [0.1, 0.15) is 36.5 Å². The minimum Gasteiger partial charge on any atom is -0.468 e. The first-order valence-corrected chi connectivity index (χ1v) is 11.7. The molecule has 172 valence electrons. The van der Waals surface area contributed by atoms with Gasteiger partial charge in [0.2, 0.25) is 0 Å². The Kier molecular flexibility index (Phi) is 7.10. The van der Waals surface area contributed by atoms with Crippen LogP contribution in [0, 0.1) is 5.92 Å². The molecule has 0 amide bonds. The fourth-order valence-electron chi connectivity index (χ4n) is 4.70. The number of fused-ring (bicyclic) bond motifs is 1. The van der Waals surface area contributed by atoms with Crippen LogP contribution in [0.4, 0.5) is 0 Å². The number of carbonyl (C=O) groups is 2. The maximum absolute atomic E-state index is 13.3. The van der Waals surface area contributed by atoms with Crippen LogP contribution in [0.2, 0.25) is 0 Å². The van der Waals surface area contributed by atoms with E-state index in [1.165, 1.54) is 18.2 Å². The van der Waals surface area contributed by atoms with E-state index in [2.05, 4.69) is 38.0 Å². The van der Waals surface area contributed by atoms with E-state index in [0.29, 0.717) is 23.5 Å². The van der Waals surface area contributed by atoms with E-state index in [1.807, 2.05) is 36.4 Å². The van der Waals surface area contributed by atoms with Crippen LogP contribution in [0.25, 0.3) is 0 Å². The first-order valence-electron chi connectivity index (χ1n) is 10.9. The van der Waals surface area contributed by atoms with Gasteiger partial charge in [-0.1, -0.05) is 58.4 Å². The van der Waals surface area contributed by atoms with Crippen molar-refractivity contribution in [1.82, 2.24) is 4.90 Å². The molecule has 0 fully saturated rings. The van der Waals surface area contributed by atoms with Gasteiger partial charge in [-0.3, -0.25) is 14.7 Å². The van der Waals surface area contributed by atoms with Crippen molar-refractivity contribution in [1.29, 1.82) is 0 Å². The Morgan fingerprint density at radius 2 is 1.70 bits per heavy atom. The zero-order valence-corrected chi connectivity index (χ0v) is 20.6. The third-order valence-electron chi connectivity index (χ3n) is 6.29. The summed E-state index contributed by atoms with van der Waals surface area (Å²) in [6, 6.07) is 15.9. The number of hydrogen-bond acceptors (Lipinski definition) is 6. The standard InChI is InChI=1S/C26H27BrN2O4/c1-16-22(25(30)32-3)24(20-10-6-7-11-21(20)27)23(17(2)28-16)26(31)33-13-12-29-14-18-8-4-5-9-19(18)15-29/h4-11,22,24H,12-15H2,1-3H3. The van der Waals surface area contributed by atoms with Crippen molar-refractivity contribution >= 4 is 33.6 Å². The van der Waals surface area contributed by atoms with E-state index in [1.54, 1.807) is 13.8 Å². The van der Waals surface area contributed by atoms with Crippen LogP contribution in [-0.2, 0) is 32.2 Å². The number of hydrogen-bond donors (Lipinski definition) is 0. The molecule has 0 aliphatic carbocycles. The number of rotatable bonds is 6. The number of nitrogens with zero attached hydrogens (tertiary/aromatic N) is 2. The van der Waals surface area contributed by atoms with Gasteiger partial charge in [0.05, 0.1) is 12.7 Å². The predicted octanol–water partition coefficient (Wildman–Crippen LogP) is 4.63. The summed E-state index contributed by atoms with van der Waals surface area (Å²) in [5.74, 6) is -2.12. The average molecular weight is 511 g/mol. The molecule has 0 bridgehead atoms. The van der Waals surface area contributed by atoms with Crippen LogP contribution < -0.4 is 0 Å². The Morgan fingerprint density at radius 3 is 2.33 bits per heavy atom. The Bertz CT molecular complexity index is 1120. The van der Waals surface area contributed by atoms with Crippen molar-refractivity contribution < 1.29 is 19.1 Å². The molecule has 2 aliphatic heterocycles. The van der Waals surface area contributed by atoms with E-state index in [9.17, 15) is 9.59 Å². The molecule has 0 radical (unpaired) electrons. The van der Waals surface area contributed by atoms with Gasteiger partial charge in [-0.05, 0) is 36.6 Å². The Hall–Kier alpha value is -2.77. The lowest BCUT2D eigenvalue weighted by molar-refractivity contribution is -0.144. The van der Waals surface area contributed by atoms with Gasteiger partial charge in [0, 0.05) is 41.4 Å². The van der Waals surface area contributed by atoms with Gasteiger partial charge in [0.1, 0.15) is 12.5 Å². The number of esters is 2. The lowest BCUT2D eigenvalue weighted by Gasteiger charge is -2.32. The molecule has 0 aromatic heterocycles. The highest BCUT2D eigenvalue weighted by Crippen LogP contribution is 2.42. The highest BCUT2D eigenvalue weighted by atomic mass is 79.9. The summed E-state index contributed by atoms with van der Waals surface area (Å²) >= 11 is 3.59. The smallest absolute Gasteiger partial charge is 0.336 e. The third-order valence-corrected chi connectivity index (χ3v) is 7.01. The molecule has 33 heavy (non-hydrogen) atoms. The van der Waals surface area contributed by atoms with Crippen LogP contribution in [0.15, 0.2) is 69.3 Å². The van der Waals surface area contributed by atoms with Gasteiger partial charge in [-0.15, -0.1) is 0 Å². The molecule has 2 aliphatic rings. The molecule has 0 N–H and O–H groups in total. The molecular weight excluding hydrogens is 484 g/mol. The number of carbonyl (C=O) groups excluding carboxylic acids is 2. The van der Waals surface area contributed by atoms with E-state index in [-0.39, 0.29) is 6.61 Å². The quantitative estimate of drug-likeness (QED) is 0.530. The molecule has 7 heteroatoms. The minimum absolute atomic E-state index is 0.262. The molecule has 0 spiro atoms. The van der Waals surface area contributed by atoms with E-state index in [4.69, 9.17) is 9.47 Å². The molecular formula is C26H27BrN2O4. The summed E-state index contributed by atoms with van der Waals surface area (Å²) in [5, 5.41) is 0. The maximum atomic E-state index is 13.3. The largest absolute Gasteiger partial charge is 0.468 e. The number of methoxy groups -OCH3 is 1. The monoisotopic (exact) mass is 510 g/mol. The molecule has 0 saturated carbocycles. The Balaban J connectivity index is 1.54. The second-order valence-corrected chi connectivity index (χ2v) is 9.22. The molecule has 2 aromatic carbocycles. The highest BCUT2D eigenvalue weighted by Gasteiger charge is 2.42. The fourth-order valence-corrected chi connectivity index (χ4v) is 5.24. The molecule has 2 atom stereocenters. The van der Waals surface area contributed by atoms with E-state index < -0.39 is 23.8 Å². The molecule has 2 heterocycles. The van der Waals surface area contributed by atoms with Gasteiger partial charge in [-0.2, -0.15) is 0 Å². The normalized spacial score (nSPS) is 20.3. The van der Waals surface area contributed by atoms with Crippen LogP contribution in [0.3, 0.4) is 0 Å². The van der Waals surface area contributed by atoms with Gasteiger partial charge in [0.15, 0.2) is 0 Å². The molecule has 0 saturated heterocycles. The predicted molar refractivity (Wildman–Crippen MR) is 130 cm³/mol. The second kappa shape index (κ2) is 10.0. The summed E-state index contributed by atoms with van der Waals surface area (Å²) in [5.41, 5.74) is 5.03. The summed E-state index contributed by atoms with van der Waals surface area (Å²) < 4.78 is 11.6. The van der Waals surface area contributed by atoms with Crippen molar-refractivity contribution in [2.45, 2.75) is 32.9 Å². The summed E-state index contributed by atoms with van der Waals surface area (Å²) in [7, 11) is 1.35. The Morgan fingerprint density at radius 1 is 1.06 bits per heavy atom. The van der Waals surface area contributed by atoms with E-state index in [0.717, 1.165) is 23.1 Å². The van der Waals surface area contributed by atoms with Crippen molar-refractivity contribution in [3.63, 3.8) is 0 Å². The van der Waals surface area contributed by atoms with E-state index >= 15 is 0 Å². The maximum Gasteiger partial charge on any atom is 0.336 e. The number of benzene rings is 2. The first-order chi connectivity index (χ1) is 15.9. The summed E-state index contributed by atoms with van der Waals surface area (Å²) in [4.78, 5) is 32.8. The van der Waals surface area contributed by atoms with Gasteiger partial charge in [0.25, 0.3) is 0 Å². The van der Waals surface area contributed by atoms with Crippen molar-refractivity contribution in [3.8, 4) is 0 Å². The van der Waals surface area contributed by atoms with Gasteiger partial charge in [-0.25, -0.2) is 4.79 Å². The van der Waals surface area contributed by atoms with Crippen molar-refractivity contribution in [3.05, 3.63) is 81.0 Å². The molecule has 2 aromatic rings. The van der Waals surface area contributed by atoms with Crippen LogP contribution >= 0.6 is 15.9 Å². The summed E-state index contributed by atoms with van der Waals surface area (Å²) in [6.45, 7) is 6.18. The SMILES string of the molecule is COC(=O)C1C(C)=NC(C)=C(C(=O)OCCN2Cc3ccccc3C2)C1c1ccccc1Br. The fraction of sp³-hybridized carbons (Fsp3) is 0.346. The molecule has 2 unspecified atom stereocenters. The molecule has 4 rings (SSSR count). The lowest BCUT2D eigenvalue weighted by Crippen LogP contribution is -2.36. The minimum atomic E-state index is -0.701. The van der Waals surface area contributed by atoms with Crippen molar-refractivity contribution in [2.24, 2.45) is 10.9 Å². The third kappa shape index (κ3) is 4.80. The number of ether oxygens (including phenoxy) is 2. The van der Waals surface area contributed by atoms with Crippen LogP contribution in [0.5, 0.6) is 0 Å². The second-order valence-electron chi connectivity index (χ2n) is 8.37. The average Bonchev–Trinajstić information content (AvgIpc) is 3.21. The topological polar surface area (TPSA) is 68.2 Å². The zero-order valence-electron chi connectivity index (χ0n) is 19.0. The van der Waals surface area contributed by atoms with Crippen molar-refractivity contribution in [2.75, 3.05) is 20.3 Å².